The second-order valence-corrected chi connectivity index (χ2v) is 20.5. The van der Waals surface area contributed by atoms with Crippen molar-refractivity contribution in [3.63, 3.8) is 0 Å². The van der Waals surface area contributed by atoms with Gasteiger partial charge >= 0.3 is 0 Å². The summed E-state index contributed by atoms with van der Waals surface area (Å²) in [6, 6.07) is 2.69. The molecule has 0 aromatic carbocycles. The van der Waals surface area contributed by atoms with E-state index in [4.69, 9.17) is 18.9 Å². The van der Waals surface area contributed by atoms with E-state index in [1.807, 2.05) is 31.4 Å². The lowest BCUT2D eigenvalue weighted by Gasteiger charge is -2.34. The van der Waals surface area contributed by atoms with Crippen molar-refractivity contribution in [1.29, 1.82) is 0 Å². The van der Waals surface area contributed by atoms with Gasteiger partial charge in [0.25, 0.3) is 0 Å². The summed E-state index contributed by atoms with van der Waals surface area (Å²) < 4.78 is 25.8. The van der Waals surface area contributed by atoms with E-state index >= 15 is 0 Å². The van der Waals surface area contributed by atoms with Crippen molar-refractivity contribution >= 4 is 50.5 Å². The maximum Gasteiger partial charge on any atom is 0.144 e. The van der Waals surface area contributed by atoms with Crippen molar-refractivity contribution in [2.45, 2.75) is 167 Å². The quantitative estimate of drug-likeness (QED) is 0.0292. The van der Waals surface area contributed by atoms with Crippen LogP contribution < -0.4 is 0 Å². The molecule has 0 aliphatic carbocycles. The molecule has 0 bridgehead atoms. The summed E-state index contributed by atoms with van der Waals surface area (Å²) in [5.41, 5.74) is -0.440. The number of hydrogen-bond acceptors (Lipinski definition) is 7. The van der Waals surface area contributed by atoms with Gasteiger partial charge in [0.2, 0.25) is 0 Å². The number of unbranched alkanes of at least 4 members (excludes halogenated alkanes) is 6. The SMILES string of the molecule is CCCCC[SiH2]C(CCCCSSSCCCCC(OCCC)(OCCC)[SiH2]CCCCC)(OCCC)OCCC. The van der Waals surface area contributed by atoms with Gasteiger partial charge in [0, 0.05) is 37.9 Å². The lowest BCUT2D eigenvalue weighted by Crippen LogP contribution is -2.43. The Labute approximate surface area is 273 Å². The van der Waals surface area contributed by atoms with Crippen LogP contribution in [0.25, 0.3) is 0 Å². The topological polar surface area (TPSA) is 36.9 Å². The molecule has 0 atom stereocenters. The first-order valence-corrected chi connectivity index (χ1v) is 24.8. The molecule has 0 fully saturated rings. The average Bonchev–Trinajstić information content (AvgIpc) is 2.99. The Morgan fingerprint density at radius 1 is 0.439 bits per heavy atom. The van der Waals surface area contributed by atoms with E-state index < -0.39 is 19.0 Å². The van der Waals surface area contributed by atoms with Gasteiger partial charge in [-0.1, -0.05) is 114 Å². The summed E-state index contributed by atoms with van der Waals surface area (Å²) in [5.74, 6) is 2.43. The maximum atomic E-state index is 6.45. The van der Waals surface area contributed by atoms with E-state index in [0.29, 0.717) is 0 Å². The molecule has 0 N–H and O–H groups in total. The van der Waals surface area contributed by atoms with E-state index in [9.17, 15) is 0 Å². The Morgan fingerprint density at radius 3 is 1.12 bits per heavy atom. The highest BCUT2D eigenvalue weighted by molar-refractivity contribution is 9.09. The molecule has 0 spiro atoms. The average molecular weight is 671 g/mol. The van der Waals surface area contributed by atoms with Gasteiger partial charge in [-0.05, 0) is 74.0 Å². The molecule has 0 aliphatic rings. The van der Waals surface area contributed by atoms with Gasteiger partial charge in [0.15, 0.2) is 0 Å². The van der Waals surface area contributed by atoms with E-state index in [0.717, 1.165) is 65.0 Å². The molecule has 0 aromatic rings. The molecule has 0 saturated heterocycles. The molecule has 0 radical (unpaired) electrons. The van der Waals surface area contributed by atoms with Crippen LogP contribution in [0.4, 0.5) is 0 Å². The molecule has 41 heavy (non-hydrogen) atoms. The Bertz CT molecular complexity index is 475. The predicted octanol–water partition coefficient (Wildman–Crippen LogP) is 9.93. The summed E-state index contributed by atoms with van der Waals surface area (Å²) in [5, 5.41) is 0. The first kappa shape index (κ1) is 42.3. The summed E-state index contributed by atoms with van der Waals surface area (Å²) in [6.07, 6.45) is 19.4. The van der Waals surface area contributed by atoms with Crippen molar-refractivity contribution in [2.24, 2.45) is 0 Å². The number of rotatable bonds is 34. The van der Waals surface area contributed by atoms with E-state index in [-0.39, 0.29) is 10.8 Å². The summed E-state index contributed by atoms with van der Waals surface area (Å²) >= 11 is 0. The van der Waals surface area contributed by atoms with Crippen molar-refractivity contribution < 1.29 is 18.9 Å². The molecular formula is C32H70O4S3Si2. The zero-order valence-corrected chi connectivity index (χ0v) is 33.5. The summed E-state index contributed by atoms with van der Waals surface area (Å²) in [4.78, 5) is 0. The van der Waals surface area contributed by atoms with Gasteiger partial charge in [0.05, 0.1) is 19.0 Å². The Balaban J connectivity index is 4.36. The van der Waals surface area contributed by atoms with Crippen LogP contribution >= 0.6 is 31.4 Å². The van der Waals surface area contributed by atoms with Gasteiger partial charge in [0.1, 0.15) is 10.8 Å². The lowest BCUT2D eigenvalue weighted by atomic mass is 10.2. The summed E-state index contributed by atoms with van der Waals surface area (Å²) in [6.45, 7) is 16.8. The molecule has 0 aromatic heterocycles. The Hall–Kier alpha value is 1.32. The molecule has 0 aliphatic heterocycles. The Morgan fingerprint density at radius 2 is 0.805 bits per heavy atom. The van der Waals surface area contributed by atoms with Gasteiger partial charge < -0.3 is 18.9 Å². The lowest BCUT2D eigenvalue weighted by molar-refractivity contribution is -0.186. The highest BCUT2D eigenvalue weighted by Gasteiger charge is 2.32. The first-order chi connectivity index (χ1) is 20.1. The van der Waals surface area contributed by atoms with Crippen LogP contribution in [0.2, 0.25) is 12.1 Å². The molecule has 4 nitrogen and oxygen atoms in total. The van der Waals surface area contributed by atoms with Crippen LogP contribution in [0, 0.1) is 0 Å². The van der Waals surface area contributed by atoms with Crippen molar-refractivity contribution in [2.75, 3.05) is 37.9 Å². The van der Waals surface area contributed by atoms with Crippen molar-refractivity contribution in [3.05, 3.63) is 0 Å². The summed E-state index contributed by atoms with van der Waals surface area (Å²) in [7, 11) is 5.25. The molecule has 0 unspecified atom stereocenters. The smallest absolute Gasteiger partial charge is 0.144 e. The number of ether oxygens (including phenoxy) is 4. The predicted molar refractivity (Wildman–Crippen MR) is 196 cm³/mol. The highest BCUT2D eigenvalue weighted by Crippen LogP contribution is 2.36. The van der Waals surface area contributed by atoms with E-state index in [1.165, 1.54) is 87.8 Å². The number of hydrogen-bond donors (Lipinski definition) is 0. The minimum atomic E-state index is -0.403. The van der Waals surface area contributed by atoms with Crippen molar-refractivity contribution in [3.8, 4) is 0 Å². The van der Waals surface area contributed by atoms with Gasteiger partial charge in [-0.2, -0.15) is 0 Å². The third-order valence-electron chi connectivity index (χ3n) is 7.27. The fourth-order valence-electron chi connectivity index (χ4n) is 4.92. The zero-order valence-electron chi connectivity index (χ0n) is 28.2. The first-order valence-electron chi connectivity index (χ1n) is 17.5. The molecule has 0 rings (SSSR count). The second kappa shape index (κ2) is 31.3. The fourth-order valence-corrected chi connectivity index (χ4v) is 13.4. The minimum absolute atomic E-state index is 0.220. The molecule has 9 heteroatoms. The monoisotopic (exact) mass is 670 g/mol. The zero-order chi connectivity index (χ0) is 30.3. The van der Waals surface area contributed by atoms with E-state index in [1.54, 1.807) is 0 Å². The third kappa shape index (κ3) is 24.3. The highest BCUT2D eigenvalue weighted by atomic mass is 33.5. The molecular weight excluding hydrogens is 601 g/mol. The van der Waals surface area contributed by atoms with Crippen LogP contribution in [0.1, 0.15) is 144 Å². The van der Waals surface area contributed by atoms with Crippen LogP contribution in [-0.2, 0) is 18.9 Å². The normalized spacial score (nSPS) is 13.0. The third-order valence-corrected chi connectivity index (χ3v) is 16.4. The Kier molecular flexibility index (Phi) is 32.3. The maximum absolute atomic E-state index is 6.45. The van der Waals surface area contributed by atoms with Crippen LogP contribution in [0.15, 0.2) is 0 Å². The molecule has 0 amide bonds. The molecule has 0 saturated carbocycles. The van der Waals surface area contributed by atoms with Gasteiger partial charge in [-0.15, -0.1) is 0 Å². The van der Waals surface area contributed by atoms with Gasteiger partial charge in [-0.25, -0.2) is 0 Å². The van der Waals surface area contributed by atoms with Crippen LogP contribution in [0.3, 0.4) is 0 Å². The largest absolute Gasteiger partial charge is 0.354 e. The van der Waals surface area contributed by atoms with Gasteiger partial charge in [-0.3, -0.25) is 0 Å². The fraction of sp³-hybridized carbons (Fsp3) is 1.00. The van der Waals surface area contributed by atoms with Crippen LogP contribution in [-0.4, -0.2) is 67.8 Å². The molecule has 0 heterocycles. The van der Waals surface area contributed by atoms with Crippen molar-refractivity contribution in [1.82, 2.24) is 0 Å². The van der Waals surface area contributed by atoms with Crippen LogP contribution in [0.5, 0.6) is 0 Å². The second-order valence-electron chi connectivity index (χ2n) is 11.5. The minimum Gasteiger partial charge on any atom is -0.354 e. The molecule has 248 valence electrons. The van der Waals surface area contributed by atoms with E-state index in [2.05, 4.69) is 41.5 Å². The standard InChI is InChI=1S/C32H70O4S3Si2/c1-7-13-19-29-40-31(33-23-9-3,34-24-10-4)21-15-17-27-37-39-38-28-18-16-22-32(35-25-11-5,36-26-12-6)41-30-20-14-8-2/h7-30,40-41H2,1-6H3.